The van der Waals surface area contributed by atoms with Gasteiger partial charge in [0.2, 0.25) is 0 Å². The van der Waals surface area contributed by atoms with E-state index in [9.17, 15) is 27.2 Å². The highest BCUT2D eigenvalue weighted by molar-refractivity contribution is 5.79. The molecule has 37 heavy (non-hydrogen) atoms. The van der Waals surface area contributed by atoms with E-state index in [-0.39, 0.29) is 34.6 Å². The summed E-state index contributed by atoms with van der Waals surface area (Å²) in [6, 6.07) is 7.50. The van der Waals surface area contributed by atoms with Crippen molar-refractivity contribution < 1.29 is 27.1 Å². The Labute approximate surface area is 211 Å². The van der Waals surface area contributed by atoms with Crippen LogP contribution in [0.15, 0.2) is 53.3 Å². The van der Waals surface area contributed by atoms with Crippen molar-refractivity contribution in [2.45, 2.75) is 19.0 Å². The fraction of sp³-hybridized carbons (Fsp3) is 0.333. The van der Waals surface area contributed by atoms with E-state index in [2.05, 4.69) is 5.32 Å². The van der Waals surface area contributed by atoms with E-state index in [1.807, 2.05) is 4.90 Å². The van der Waals surface area contributed by atoms with Gasteiger partial charge in [-0.05, 0) is 43.3 Å². The predicted molar refractivity (Wildman–Crippen MR) is 132 cm³/mol. The van der Waals surface area contributed by atoms with Gasteiger partial charge < -0.3 is 19.5 Å². The Morgan fingerprint density at radius 3 is 2.65 bits per heavy atom. The summed E-state index contributed by atoms with van der Waals surface area (Å²) in [7, 11) is 1.31. The lowest BCUT2D eigenvalue weighted by Gasteiger charge is -2.37. The second kappa shape index (κ2) is 11.7. The van der Waals surface area contributed by atoms with Gasteiger partial charge in [0.05, 0.1) is 18.5 Å². The topological polar surface area (TPSA) is 63.6 Å². The third-order valence-electron chi connectivity index (χ3n) is 6.62. The Kier molecular flexibility index (Phi) is 8.40. The molecular formula is C27H27F4N3O3. The van der Waals surface area contributed by atoms with Crippen molar-refractivity contribution in [2.75, 3.05) is 33.3 Å². The molecular weight excluding hydrogens is 490 g/mol. The summed E-state index contributed by atoms with van der Waals surface area (Å²) < 4.78 is 61.4. The zero-order chi connectivity index (χ0) is 26.5. The second-order valence-electron chi connectivity index (χ2n) is 8.95. The van der Waals surface area contributed by atoms with Crippen LogP contribution in [0.2, 0.25) is 0 Å². The van der Waals surface area contributed by atoms with E-state index in [1.165, 1.54) is 29.9 Å². The number of halogens is 4. The monoisotopic (exact) mass is 517 g/mol. The summed E-state index contributed by atoms with van der Waals surface area (Å²) in [5.41, 5.74) is -0.0720. The van der Waals surface area contributed by atoms with Crippen molar-refractivity contribution in [3.05, 3.63) is 87.7 Å². The molecule has 0 radical (unpaired) electrons. The van der Waals surface area contributed by atoms with Crippen LogP contribution in [0.1, 0.15) is 12.0 Å². The second-order valence-corrected chi connectivity index (χ2v) is 8.95. The zero-order valence-corrected chi connectivity index (χ0v) is 20.2. The lowest BCUT2D eigenvalue weighted by Crippen LogP contribution is -2.53. The molecule has 0 aliphatic carbocycles. The van der Waals surface area contributed by atoms with Crippen LogP contribution >= 0.6 is 0 Å². The molecule has 1 aliphatic rings. The van der Waals surface area contributed by atoms with Gasteiger partial charge in [-0.25, -0.2) is 17.6 Å². The number of methoxy groups -OCH3 is 1. The molecule has 6 nitrogen and oxygen atoms in total. The van der Waals surface area contributed by atoms with Crippen LogP contribution in [-0.2, 0) is 16.1 Å². The smallest absolute Gasteiger partial charge is 0.311 e. The van der Waals surface area contributed by atoms with E-state index in [0.717, 1.165) is 30.3 Å². The Morgan fingerprint density at radius 2 is 1.86 bits per heavy atom. The third-order valence-corrected chi connectivity index (χ3v) is 6.62. The van der Waals surface area contributed by atoms with E-state index >= 15 is 0 Å². The van der Waals surface area contributed by atoms with Crippen LogP contribution in [-0.4, -0.2) is 54.8 Å². The minimum Gasteiger partial charge on any atom is -0.469 e. The first-order chi connectivity index (χ1) is 17.8. The minimum absolute atomic E-state index is 0.129. The maximum absolute atomic E-state index is 14.2. The van der Waals surface area contributed by atoms with E-state index in [1.54, 1.807) is 6.08 Å². The SMILES string of the molecule is COC(=O)[C@H]1CN(CCn2c(=O)ccc3c(F)cc(F)cc32)CC[C@H]1NCC=Cc1cc(F)ccc1F. The Bertz CT molecular complexity index is 1370. The van der Waals surface area contributed by atoms with E-state index < -0.39 is 35.2 Å². The summed E-state index contributed by atoms with van der Waals surface area (Å²) in [4.78, 5) is 27.0. The minimum atomic E-state index is -0.767. The lowest BCUT2D eigenvalue weighted by molar-refractivity contribution is -0.148. The molecule has 0 unspecified atom stereocenters. The van der Waals surface area contributed by atoms with E-state index in [4.69, 9.17) is 4.74 Å². The number of rotatable bonds is 8. The molecule has 1 fully saturated rings. The maximum atomic E-state index is 14.2. The van der Waals surface area contributed by atoms with Gasteiger partial charge in [-0.2, -0.15) is 0 Å². The summed E-state index contributed by atoms with van der Waals surface area (Å²) in [6.07, 6.45) is 3.72. The van der Waals surface area contributed by atoms with Gasteiger partial charge in [-0.15, -0.1) is 0 Å². The fourth-order valence-electron chi connectivity index (χ4n) is 4.70. The van der Waals surface area contributed by atoms with Crippen LogP contribution < -0.4 is 10.9 Å². The molecule has 196 valence electrons. The molecule has 2 aromatic carbocycles. The average molecular weight is 518 g/mol. The molecule has 1 N–H and O–H groups in total. The first-order valence-electron chi connectivity index (χ1n) is 11.9. The largest absolute Gasteiger partial charge is 0.469 e. The highest BCUT2D eigenvalue weighted by Crippen LogP contribution is 2.21. The number of hydrogen-bond acceptors (Lipinski definition) is 5. The van der Waals surface area contributed by atoms with Crippen molar-refractivity contribution in [1.29, 1.82) is 0 Å². The number of nitrogens with zero attached hydrogens (tertiary/aromatic N) is 2. The van der Waals surface area contributed by atoms with Crippen molar-refractivity contribution >= 4 is 22.9 Å². The standard InChI is InChI=1S/C27H27F4N3O3/c1-37-27(36)21-16-33(10-8-24(21)32-9-2-3-17-13-18(28)4-6-22(17)30)11-12-34-25-15-19(29)14-23(31)20(25)5-7-26(34)35/h2-7,13-15,21,24,32H,8-12,16H2,1H3/t21-,24+/m0/s1. The number of pyridine rings is 1. The normalized spacial score (nSPS) is 18.5. The number of nitrogens with one attached hydrogen (secondary N) is 1. The third kappa shape index (κ3) is 6.26. The van der Waals surface area contributed by atoms with Crippen LogP contribution in [0.4, 0.5) is 17.6 Å². The Balaban J connectivity index is 1.40. The van der Waals surface area contributed by atoms with Gasteiger partial charge in [0.25, 0.3) is 5.56 Å². The Morgan fingerprint density at radius 1 is 1.05 bits per heavy atom. The summed E-state index contributed by atoms with van der Waals surface area (Å²) in [5.74, 6) is -3.47. The van der Waals surface area contributed by atoms with E-state index in [0.29, 0.717) is 32.6 Å². The van der Waals surface area contributed by atoms with Crippen molar-refractivity contribution in [2.24, 2.45) is 5.92 Å². The van der Waals surface area contributed by atoms with Gasteiger partial charge in [0.1, 0.15) is 23.3 Å². The summed E-state index contributed by atoms with van der Waals surface area (Å²) in [6.45, 7) is 1.87. The van der Waals surface area contributed by atoms with Crippen molar-refractivity contribution in [3.8, 4) is 0 Å². The van der Waals surface area contributed by atoms with Crippen LogP contribution in [0.3, 0.4) is 0 Å². The molecule has 3 aromatic rings. The number of fused-ring (bicyclic) bond motifs is 1. The lowest BCUT2D eigenvalue weighted by atomic mass is 9.92. The predicted octanol–water partition coefficient (Wildman–Crippen LogP) is 3.72. The van der Waals surface area contributed by atoms with Gasteiger partial charge in [-0.1, -0.05) is 12.2 Å². The zero-order valence-electron chi connectivity index (χ0n) is 20.2. The summed E-state index contributed by atoms with van der Waals surface area (Å²) in [5, 5.41) is 3.42. The van der Waals surface area contributed by atoms with Crippen LogP contribution in [0.25, 0.3) is 17.0 Å². The average Bonchev–Trinajstić information content (AvgIpc) is 2.87. The molecule has 10 heteroatoms. The number of ether oxygens (including phenoxy) is 1. The number of benzene rings is 2. The molecule has 2 heterocycles. The Hall–Kier alpha value is -3.50. The number of hydrogen-bond donors (Lipinski definition) is 1. The number of carbonyl (C=O) groups excluding carboxylic acids is 1. The van der Waals surface area contributed by atoms with Gasteiger partial charge in [0, 0.05) is 55.3 Å². The highest BCUT2D eigenvalue weighted by Gasteiger charge is 2.34. The van der Waals surface area contributed by atoms with Gasteiger partial charge in [-0.3, -0.25) is 9.59 Å². The quantitative estimate of drug-likeness (QED) is 0.365. The number of piperidine rings is 1. The molecule has 2 atom stereocenters. The molecule has 0 bridgehead atoms. The molecule has 1 aliphatic heterocycles. The molecule has 1 aromatic heterocycles. The number of aromatic nitrogens is 1. The number of esters is 1. The van der Waals surface area contributed by atoms with Crippen LogP contribution in [0, 0.1) is 29.2 Å². The first kappa shape index (κ1) is 26.6. The molecule has 0 amide bonds. The molecule has 1 saturated heterocycles. The highest BCUT2D eigenvalue weighted by atomic mass is 19.1. The summed E-state index contributed by atoms with van der Waals surface area (Å²) >= 11 is 0. The van der Waals surface area contributed by atoms with Crippen molar-refractivity contribution in [1.82, 2.24) is 14.8 Å². The number of likely N-dealkylation sites (tertiary alicyclic amines) is 1. The number of carbonyl (C=O) groups is 1. The maximum Gasteiger partial charge on any atom is 0.311 e. The van der Waals surface area contributed by atoms with Gasteiger partial charge in [0.15, 0.2) is 0 Å². The molecule has 0 spiro atoms. The van der Waals surface area contributed by atoms with Crippen LogP contribution in [0.5, 0.6) is 0 Å². The van der Waals surface area contributed by atoms with Gasteiger partial charge >= 0.3 is 5.97 Å². The molecule has 4 rings (SSSR count). The fourth-order valence-corrected chi connectivity index (χ4v) is 4.70. The first-order valence-corrected chi connectivity index (χ1v) is 11.9. The molecule has 0 saturated carbocycles. The van der Waals surface area contributed by atoms with Crippen molar-refractivity contribution in [3.63, 3.8) is 0 Å².